The molecule has 2 rings (SSSR count). The number of anilines is 1. The number of nitrogens with one attached hydrogen (secondary N) is 1. The Hall–Kier alpha value is -1.95. The maximum absolute atomic E-state index is 11.1. The maximum Gasteiger partial charge on any atom is 0.354 e. The van der Waals surface area contributed by atoms with Crippen molar-refractivity contribution in [1.29, 1.82) is 0 Å². The maximum atomic E-state index is 11.1. The van der Waals surface area contributed by atoms with E-state index in [2.05, 4.69) is 26.2 Å². The van der Waals surface area contributed by atoms with Gasteiger partial charge in [-0.15, -0.1) is 0 Å². The summed E-state index contributed by atoms with van der Waals surface area (Å²) in [7, 11) is 0. The highest BCUT2D eigenvalue weighted by Crippen LogP contribution is 2.26. The largest absolute Gasteiger partial charge is 0.477 e. The normalized spacial score (nSPS) is 10.3. The summed E-state index contributed by atoms with van der Waals surface area (Å²) in [4.78, 5) is 26.1. The summed E-state index contributed by atoms with van der Waals surface area (Å²) in [6.45, 7) is 1.37. The summed E-state index contributed by atoms with van der Waals surface area (Å²) in [5.74, 6) is -1.40. The highest BCUT2D eigenvalue weighted by molar-refractivity contribution is 9.10. The molecule has 92 valence electrons. The molecular weight excluding hydrogens is 300 g/mol. The van der Waals surface area contributed by atoms with Gasteiger partial charge in [-0.3, -0.25) is 4.79 Å². The Morgan fingerprint density at radius 3 is 2.67 bits per heavy atom. The van der Waals surface area contributed by atoms with Crippen molar-refractivity contribution in [3.05, 3.63) is 34.4 Å². The lowest BCUT2D eigenvalue weighted by Crippen LogP contribution is -2.09. The fraction of sp³-hybridized carbons (Fsp3) is 0.0833. The van der Waals surface area contributed by atoms with Gasteiger partial charge in [-0.25, -0.2) is 9.78 Å². The number of carbonyl (C=O) groups excluding carboxylic acids is 1. The van der Waals surface area contributed by atoms with Crippen LogP contribution in [0.25, 0.3) is 10.9 Å². The van der Waals surface area contributed by atoms with Crippen LogP contribution >= 0.6 is 15.9 Å². The minimum absolute atomic E-state index is 0.103. The number of aromatic nitrogens is 1. The van der Waals surface area contributed by atoms with Gasteiger partial charge in [-0.1, -0.05) is 15.9 Å². The molecule has 0 fully saturated rings. The molecule has 1 aromatic heterocycles. The van der Waals surface area contributed by atoms with Gasteiger partial charge in [0.15, 0.2) is 5.69 Å². The van der Waals surface area contributed by atoms with E-state index in [0.717, 1.165) is 4.47 Å². The number of benzene rings is 1. The smallest absolute Gasteiger partial charge is 0.354 e. The van der Waals surface area contributed by atoms with Crippen LogP contribution in [-0.2, 0) is 4.79 Å². The first kappa shape index (κ1) is 12.5. The molecule has 0 saturated carbocycles. The quantitative estimate of drug-likeness (QED) is 0.894. The minimum atomic E-state index is -1.13. The SMILES string of the molecule is CC(=O)Nc1cc(C(=O)O)nc2ccc(Br)cc12. The average molecular weight is 309 g/mol. The molecule has 0 atom stereocenters. The summed E-state index contributed by atoms with van der Waals surface area (Å²) < 4.78 is 0.825. The van der Waals surface area contributed by atoms with Crippen LogP contribution in [0.15, 0.2) is 28.7 Å². The first-order valence-corrected chi connectivity index (χ1v) is 5.88. The van der Waals surface area contributed by atoms with Crippen molar-refractivity contribution in [3.63, 3.8) is 0 Å². The standard InChI is InChI=1S/C12H9BrN2O3/c1-6(16)14-10-5-11(12(17)18)15-9-3-2-7(13)4-8(9)10/h2-5H,1H3,(H,17,18)(H,14,15,16). The number of nitrogens with zero attached hydrogens (tertiary/aromatic N) is 1. The first-order valence-electron chi connectivity index (χ1n) is 5.08. The fourth-order valence-corrected chi connectivity index (χ4v) is 1.96. The van der Waals surface area contributed by atoms with Crippen LogP contribution < -0.4 is 5.32 Å². The van der Waals surface area contributed by atoms with Crippen molar-refractivity contribution in [2.75, 3.05) is 5.32 Å². The zero-order chi connectivity index (χ0) is 13.3. The van der Waals surface area contributed by atoms with Crippen LogP contribution in [-0.4, -0.2) is 22.0 Å². The molecule has 0 spiro atoms. The summed E-state index contributed by atoms with van der Waals surface area (Å²) in [5.41, 5.74) is 0.849. The third-order valence-electron chi connectivity index (χ3n) is 2.30. The van der Waals surface area contributed by atoms with E-state index in [1.54, 1.807) is 18.2 Å². The van der Waals surface area contributed by atoms with Crippen LogP contribution in [0.3, 0.4) is 0 Å². The molecule has 5 nitrogen and oxygen atoms in total. The van der Waals surface area contributed by atoms with Gasteiger partial charge in [-0.05, 0) is 24.3 Å². The topological polar surface area (TPSA) is 79.3 Å². The number of carboxylic acid groups (broad SMARTS) is 1. The van der Waals surface area contributed by atoms with Crippen molar-refractivity contribution in [2.24, 2.45) is 0 Å². The van der Waals surface area contributed by atoms with E-state index in [0.29, 0.717) is 16.6 Å². The summed E-state index contributed by atoms with van der Waals surface area (Å²) in [6, 6.07) is 6.58. The van der Waals surface area contributed by atoms with Crippen molar-refractivity contribution in [1.82, 2.24) is 4.98 Å². The lowest BCUT2D eigenvalue weighted by Gasteiger charge is -2.08. The van der Waals surface area contributed by atoms with E-state index >= 15 is 0 Å². The monoisotopic (exact) mass is 308 g/mol. The van der Waals surface area contributed by atoms with E-state index in [9.17, 15) is 9.59 Å². The van der Waals surface area contributed by atoms with Crippen molar-refractivity contribution < 1.29 is 14.7 Å². The fourth-order valence-electron chi connectivity index (χ4n) is 1.60. The molecule has 2 aromatic rings. The number of carboxylic acids is 1. The number of pyridine rings is 1. The molecule has 1 aromatic carbocycles. The van der Waals surface area contributed by atoms with E-state index in [1.807, 2.05) is 0 Å². The lowest BCUT2D eigenvalue weighted by atomic mass is 10.1. The molecule has 0 radical (unpaired) electrons. The Morgan fingerprint density at radius 1 is 1.33 bits per heavy atom. The van der Waals surface area contributed by atoms with Crippen molar-refractivity contribution in [3.8, 4) is 0 Å². The summed E-state index contributed by atoms with van der Waals surface area (Å²) >= 11 is 3.32. The zero-order valence-corrected chi connectivity index (χ0v) is 11.0. The molecule has 0 aliphatic rings. The number of aromatic carboxylic acids is 1. The third-order valence-corrected chi connectivity index (χ3v) is 2.79. The number of hydrogen-bond donors (Lipinski definition) is 2. The molecular formula is C12H9BrN2O3. The number of carbonyl (C=O) groups is 2. The van der Waals surface area contributed by atoms with Gasteiger partial charge in [0, 0.05) is 16.8 Å². The molecule has 2 N–H and O–H groups in total. The predicted molar refractivity (Wildman–Crippen MR) is 70.7 cm³/mol. The molecule has 0 aliphatic carbocycles. The van der Waals surface area contributed by atoms with Gasteiger partial charge in [0.2, 0.25) is 5.91 Å². The van der Waals surface area contributed by atoms with Crippen LogP contribution in [0.4, 0.5) is 5.69 Å². The lowest BCUT2D eigenvalue weighted by molar-refractivity contribution is -0.114. The number of amides is 1. The molecule has 0 unspecified atom stereocenters. The number of fused-ring (bicyclic) bond motifs is 1. The van der Waals surface area contributed by atoms with Gasteiger partial charge in [0.25, 0.3) is 0 Å². The average Bonchev–Trinajstić information content (AvgIpc) is 2.28. The second-order valence-corrected chi connectivity index (χ2v) is 4.62. The third kappa shape index (κ3) is 2.48. The molecule has 0 saturated heterocycles. The Kier molecular flexibility index (Phi) is 3.29. The van der Waals surface area contributed by atoms with E-state index in [-0.39, 0.29) is 11.6 Å². The van der Waals surface area contributed by atoms with Crippen LogP contribution in [0.2, 0.25) is 0 Å². The Balaban J connectivity index is 2.72. The zero-order valence-electron chi connectivity index (χ0n) is 9.40. The minimum Gasteiger partial charge on any atom is -0.477 e. The van der Waals surface area contributed by atoms with Crippen LogP contribution in [0.1, 0.15) is 17.4 Å². The van der Waals surface area contributed by atoms with E-state index in [4.69, 9.17) is 5.11 Å². The molecule has 1 heterocycles. The van der Waals surface area contributed by atoms with Crippen molar-refractivity contribution in [2.45, 2.75) is 6.92 Å². The second kappa shape index (κ2) is 4.73. The Bertz CT molecular complexity index is 655. The molecule has 0 aliphatic heterocycles. The second-order valence-electron chi connectivity index (χ2n) is 3.70. The highest BCUT2D eigenvalue weighted by Gasteiger charge is 2.11. The van der Waals surface area contributed by atoms with Gasteiger partial charge >= 0.3 is 5.97 Å². The number of rotatable bonds is 2. The molecule has 18 heavy (non-hydrogen) atoms. The van der Waals surface area contributed by atoms with Gasteiger partial charge in [0.05, 0.1) is 11.2 Å². The summed E-state index contributed by atoms with van der Waals surface area (Å²) in [6.07, 6.45) is 0. The molecule has 6 heteroatoms. The van der Waals surface area contributed by atoms with Gasteiger partial charge in [-0.2, -0.15) is 0 Å². The molecule has 1 amide bonds. The van der Waals surface area contributed by atoms with Crippen molar-refractivity contribution >= 4 is 44.4 Å². The van der Waals surface area contributed by atoms with E-state index in [1.165, 1.54) is 13.0 Å². The predicted octanol–water partition coefficient (Wildman–Crippen LogP) is 2.65. The Labute approximate surface area is 111 Å². The van der Waals surface area contributed by atoms with Crippen LogP contribution in [0, 0.1) is 0 Å². The van der Waals surface area contributed by atoms with Crippen LogP contribution in [0.5, 0.6) is 0 Å². The van der Waals surface area contributed by atoms with E-state index < -0.39 is 5.97 Å². The van der Waals surface area contributed by atoms with Gasteiger partial charge < -0.3 is 10.4 Å². The Morgan fingerprint density at radius 2 is 2.06 bits per heavy atom. The number of hydrogen-bond acceptors (Lipinski definition) is 3. The highest BCUT2D eigenvalue weighted by atomic mass is 79.9. The molecule has 0 bridgehead atoms. The first-order chi connectivity index (χ1) is 8.47. The number of halogens is 1. The van der Waals surface area contributed by atoms with Gasteiger partial charge in [0.1, 0.15) is 0 Å². The summed E-state index contributed by atoms with van der Waals surface area (Å²) in [5, 5.41) is 12.3.